The van der Waals surface area contributed by atoms with Crippen LogP contribution in [-0.2, 0) is 6.61 Å². The first-order valence-corrected chi connectivity index (χ1v) is 6.30. The molecule has 94 valence electrons. The van der Waals surface area contributed by atoms with Crippen molar-refractivity contribution in [2.45, 2.75) is 26.4 Å². The Morgan fingerprint density at radius 3 is 2.82 bits per heavy atom. The number of aliphatic hydroxyl groups excluding tert-OH is 2. The lowest BCUT2D eigenvalue weighted by molar-refractivity contribution is 0.208. The van der Waals surface area contributed by atoms with Gasteiger partial charge in [0, 0.05) is 25.4 Å². The van der Waals surface area contributed by atoms with E-state index in [9.17, 15) is 5.11 Å². The van der Waals surface area contributed by atoms with Crippen LogP contribution in [0.5, 0.6) is 0 Å². The van der Waals surface area contributed by atoms with Crippen LogP contribution >= 0.6 is 0 Å². The number of hydrogen-bond acceptors (Lipinski definition) is 3. The van der Waals surface area contributed by atoms with Gasteiger partial charge in [-0.05, 0) is 42.9 Å². The highest BCUT2D eigenvalue weighted by molar-refractivity contribution is 5.54. The topological polar surface area (TPSA) is 43.7 Å². The van der Waals surface area contributed by atoms with Crippen molar-refractivity contribution in [3.63, 3.8) is 0 Å². The minimum atomic E-state index is 0.0976. The Kier molecular flexibility index (Phi) is 4.02. The van der Waals surface area contributed by atoms with E-state index in [2.05, 4.69) is 17.9 Å². The summed E-state index contributed by atoms with van der Waals surface area (Å²) in [5.74, 6) is 0.403. The minimum absolute atomic E-state index is 0.0976. The molecule has 1 atom stereocenters. The third-order valence-electron chi connectivity index (χ3n) is 3.56. The molecule has 1 fully saturated rings. The van der Waals surface area contributed by atoms with Gasteiger partial charge in [-0.1, -0.05) is 12.1 Å². The number of aryl methyl sites for hydroxylation is 1. The number of anilines is 1. The van der Waals surface area contributed by atoms with Crippen LogP contribution < -0.4 is 4.90 Å². The maximum atomic E-state index is 9.25. The molecule has 0 saturated carbocycles. The molecule has 1 unspecified atom stereocenters. The van der Waals surface area contributed by atoms with Crippen LogP contribution in [0.25, 0.3) is 0 Å². The van der Waals surface area contributed by atoms with Crippen LogP contribution in [0, 0.1) is 12.8 Å². The molecule has 1 saturated heterocycles. The fourth-order valence-corrected chi connectivity index (χ4v) is 2.60. The van der Waals surface area contributed by atoms with Gasteiger partial charge in [-0.3, -0.25) is 0 Å². The van der Waals surface area contributed by atoms with Crippen molar-refractivity contribution in [3.8, 4) is 0 Å². The number of nitrogens with zero attached hydrogens (tertiary/aromatic N) is 1. The predicted molar refractivity (Wildman–Crippen MR) is 69.1 cm³/mol. The maximum absolute atomic E-state index is 9.25. The first-order valence-electron chi connectivity index (χ1n) is 6.30. The van der Waals surface area contributed by atoms with Crippen molar-refractivity contribution in [1.29, 1.82) is 0 Å². The summed E-state index contributed by atoms with van der Waals surface area (Å²) >= 11 is 0. The Labute approximate surface area is 103 Å². The van der Waals surface area contributed by atoms with E-state index in [0.717, 1.165) is 31.5 Å². The number of hydrogen-bond donors (Lipinski definition) is 2. The van der Waals surface area contributed by atoms with Gasteiger partial charge in [0.15, 0.2) is 0 Å². The zero-order valence-corrected chi connectivity index (χ0v) is 10.4. The lowest BCUT2D eigenvalue weighted by Gasteiger charge is -2.34. The monoisotopic (exact) mass is 235 g/mol. The molecule has 0 radical (unpaired) electrons. The third-order valence-corrected chi connectivity index (χ3v) is 3.56. The molecule has 1 heterocycles. The summed E-state index contributed by atoms with van der Waals surface area (Å²) in [7, 11) is 0. The van der Waals surface area contributed by atoms with E-state index in [1.54, 1.807) is 0 Å². The van der Waals surface area contributed by atoms with E-state index in [-0.39, 0.29) is 13.2 Å². The second kappa shape index (κ2) is 5.52. The Morgan fingerprint density at radius 2 is 2.18 bits per heavy atom. The van der Waals surface area contributed by atoms with E-state index in [0.29, 0.717) is 5.92 Å². The molecular weight excluding hydrogens is 214 g/mol. The van der Waals surface area contributed by atoms with Gasteiger partial charge >= 0.3 is 0 Å². The highest BCUT2D eigenvalue weighted by Crippen LogP contribution is 2.26. The van der Waals surface area contributed by atoms with Crippen LogP contribution in [-0.4, -0.2) is 29.9 Å². The van der Waals surface area contributed by atoms with E-state index in [1.807, 2.05) is 12.1 Å². The van der Waals surface area contributed by atoms with Crippen molar-refractivity contribution >= 4 is 5.69 Å². The molecule has 3 nitrogen and oxygen atoms in total. The fourth-order valence-electron chi connectivity index (χ4n) is 2.60. The zero-order chi connectivity index (χ0) is 12.3. The number of benzene rings is 1. The average Bonchev–Trinajstić information content (AvgIpc) is 2.38. The zero-order valence-electron chi connectivity index (χ0n) is 10.4. The summed E-state index contributed by atoms with van der Waals surface area (Å²) in [5, 5.41) is 18.3. The summed E-state index contributed by atoms with van der Waals surface area (Å²) < 4.78 is 0. The SMILES string of the molecule is Cc1cc(CO)ccc1N1CCCC(CO)C1. The van der Waals surface area contributed by atoms with Gasteiger partial charge in [-0.25, -0.2) is 0 Å². The molecule has 2 N–H and O–H groups in total. The molecule has 1 aromatic carbocycles. The first kappa shape index (κ1) is 12.4. The Bertz CT molecular complexity index is 378. The smallest absolute Gasteiger partial charge is 0.0681 e. The summed E-state index contributed by atoms with van der Waals surface area (Å²) in [4.78, 5) is 2.35. The summed E-state index contributed by atoms with van der Waals surface area (Å²) in [5.41, 5.74) is 3.40. The van der Waals surface area contributed by atoms with Gasteiger partial charge in [0.2, 0.25) is 0 Å². The highest BCUT2D eigenvalue weighted by atomic mass is 16.3. The predicted octanol–water partition coefficient (Wildman–Crippen LogP) is 1.70. The largest absolute Gasteiger partial charge is 0.396 e. The molecule has 1 aromatic rings. The van der Waals surface area contributed by atoms with E-state index in [1.165, 1.54) is 11.3 Å². The van der Waals surface area contributed by atoms with E-state index >= 15 is 0 Å². The molecule has 1 aliphatic heterocycles. The third kappa shape index (κ3) is 2.79. The molecule has 0 bridgehead atoms. The normalized spacial score (nSPS) is 20.6. The molecule has 17 heavy (non-hydrogen) atoms. The van der Waals surface area contributed by atoms with Crippen LogP contribution in [0.1, 0.15) is 24.0 Å². The Morgan fingerprint density at radius 1 is 1.35 bits per heavy atom. The second-order valence-corrected chi connectivity index (χ2v) is 4.92. The second-order valence-electron chi connectivity index (χ2n) is 4.92. The summed E-state index contributed by atoms with van der Waals surface area (Å²) in [6.45, 7) is 4.47. The Hall–Kier alpha value is -1.06. The summed E-state index contributed by atoms with van der Waals surface area (Å²) in [6, 6.07) is 6.10. The quantitative estimate of drug-likeness (QED) is 0.838. The van der Waals surface area contributed by atoms with Crippen LogP contribution in [0.2, 0.25) is 0 Å². The molecule has 3 heteroatoms. The lowest BCUT2D eigenvalue weighted by atomic mass is 9.97. The van der Waals surface area contributed by atoms with Gasteiger partial charge < -0.3 is 15.1 Å². The highest BCUT2D eigenvalue weighted by Gasteiger charge is 2.20. The fraction of sp³-hybridized carbons (Fsp3) is 0.571. The lowest BCUT2D eigenvalue weighted by Crippen LogP contribution is -2.37. The van der Waals surface area contributed by atoms with Crippen LogP contribution in [0.4, 0.5) is 5.69 Å². The molecule has 0 amide bonds. The molecular formula is C14H21NO2. The van der Waals surface area contributed by atoms with Gasteiger partial charge in [0.05, 0.1) is 6.61 Å². The van der Waals surface area contributed by atoms with Crippen molar-refractivity contribution < 1.29 is 10.2 Å². The summed E-state index contributed by atoms with van der Waals surface area (Å²) in [6.07, 6.45) is 2.27. The molecule has 1 aliphatic rings. The standard InChI is InChI=1S/C14H21NO2/c1-11-7-12(9-16)4-5-14(11)15-6-2-3-13(8-15)10-17/h4-5,7,13,16-17H,2-3,6,8-10H2,1H3. The maximum Gasteiger partial charge on any atom is 0.0681 e. The number of rotatable bonds is 3. The van der Waals surface area contributed by atoms with Crippen molar-refractivity contribution in [1.82, 2.24) is 0 Å². The van der Waals surface area contributed by atoms with E-state index in [4.69, 9.17) is 5.11 Å². The number of aliphatic hydroxyl groups is 2. The van der Waals surface area contributed by atoms with Gasteiger partial charge in [0.25, 0.3) is 0 Å². The minimum Gasteiger partial charge on any atom is -0.396 e. The molecule has 2 rings (SSSR count). The number of piperidine rings is 1. The van der Waals surface area contributed by atoms with Crippen LogP contribution in [0.15, 0.2) is 18.2 Å². The van der Waals surface area contributed by atoms with Gasteiger partial charge in [-0.2, -0.15) is 0 Å². The average molecular weight is 235 g/mol. The molecule has 0 aliphatic carbocycles. The van der Waals surface area contributed by atoms with Crippen LogP contribution in [0.3, 0.4) is 0 Å². The van der Waals surface area contributed by atoms with Crippen molar-refractivity contribution in [2.75, 3.05) is 24.6 Å². The van der Waals surface area contributed by atoms with Crippen molar-refractivity contribution in [3.05, 3.63) is 29.3 Å². The molecule has 0 spiro atoms. The van der Waals surface area contributed by atoms with Crippen molar-refractivity contribution in [2.24, 2.45) is 5.92 Å². The van der Waals surface area contributed by atoms with E-state index < -0.39 is 0 Å². The van der Waals surface area contributed by atoms with Gasteiger partial charge in [0.1, 0.15) is 0 Å². The Balaban J connectivity index is 2.16. The molecule has 0 aromatic heterocycles. The van der Waals surface area contributed by atoms with Gasteiger partial charge in [-0.15, -0.1) is 0 Å². The first-order chi connectivity index (χ1) is 8.24.